The summed E-state index contributed by atoms with van der Waals surface area (Å²) in [5.74, 6) is -0.860. The molecule has 0 spiro atoms. The van der Waals surface area contributed by atoms with Gasteiger partial charge in [0.25, 0.3) is 0 Å². The lowest BCUT2D eigenvalue weighted by molar-refractivity contribution is -0.149. The fraction of sp³-hybridized carbons (Fsp3) is 0.857. The van der Waals surface area contributed by atoms with Crippen molar-refractivity contribution in [2.45, 2.75) is 26.7 Å². The first-order valence-corrected chi connectivity index (χ1v) is 7.59. The summed E-state index contributed by atoms with van der Waals surface area (Å²) in [4.78, 5) is 25.3. The monoisotopic (exact) mass is 301 g/mol. The lowest BCUT2D eigenvalue weighted by atomic mass is 9.82. The van der Waals surface area contributed by atoms with E-state index in [1.807, 2.05) is 13.8 Å². The Hall–Kier alpha value is -1.34. The first-order valence-electron chi connectivity index (χ1n) is 7.59. The molecule has 1 aliphatic rings. The molecule has 1 fully saturated rings. The smallest absolute Gasteiger partial charge is 0.314 e. The quantitative estimate of drug-likeness (QED) is 0.607. The van der Waals surface area contributed by atoms with Crippen molar-refractivity contribution in [3.8, 4) is 0 Å². The van der Waals surface area contributed by atoms with Crippen LogP contribution < -0.4 is 10.6 Å². The maximum Gasteiger partial charge on any atom is 0.314 e. The molecule has 0 bridgehead atoms. The molecule has 122 valence electrons. The third kappa shape index (κ3) is 5.51. The third-order valence-corrected chi connectivity index (χ3v) is 4.21. The second kappa shape index (κ2) is 8.84. The average molecular weight is 301 g/mol. The number of carboxylic acids is 1. The lowest BCUT2D eigenvalue weighted by Crippen LogP contribution is -2.47. The molecule has 0 radical (unpaired) electrons. The summed E-state index contributed by atoms with van der Waals surface area (Å²) >= 11 is 0. The molecule has 1 rings (SSSR count). The summed E-state index contributed by atoms with van der Waals surface area (Å²) in [5.41, 5.74) is -0.873. The molecular weight excluding hydrogens is 274 g/mol. The molecule has 7 heteroatoms. The fourth-order valence-corrected chi connectivity index (χ4v) is 2.34. The van der Waals surface area contributed by atoms with Crippen LogP contribution in [0, 0.1) is 5.41 Å². The zero-order valence-corrected chi connectivity index (χ0v) is 13.0. The molecule has 0 aliphatic carbocycles. The van der Waals surface area contributed by atoms with Gasteiger partial charge in [0.2, 0.25) is 0 Å². The molecule has 1 saturated heterocycles. The van der Waals surface area contributed by atoms with E-state index in [9.17, 15) is 14.7 Å². The highest BCUT2D eigenvalue weighted by Gasteiger charge is 2.35. The van der Waals surface area contributed by atoms with Crippen LogP contribution in [0.5, 0.6) is 0 Å². The number of urea groups is 1. The SMILES string of the molecule is CCC(CC)(CNC(=O)NCCN1CCOCC1)C(=O)O. The molecule has 0 saturated carbocycles. The highest BCUT2D eigenvalue weighted by atomic mass is 16.5. The second-order valence-electron chi connectivity index (χ2n) is 5.36. The summed E-state index contributed by atoms with van der Waals surface area (Å²) in [6.45, 7) is 8.38. The summed E-state index contributed by atoms with van der Waals surface area (Å²) in [6, 6.07) is -0.309. The van der Waals surface area contributed by atoms with E-state index in [-0.39, 0.29) is 12.6 Å². The molecule has 2 amide bonds. The molecule has 3 N–H and O–H groups in total. The second-order valence-corrected chi connectivity index (χ2v) is 5.36. The van der Waals surface area contributed by atoms with Crippen molar-refractivity contribution in [2.75, 3.05) is 45.9 Å². The summed E-state index contributed by atoms with van der Waals surface area (Å²) in [5, 5.41) is 14.7. The standard InChI is InChI=1S/C14H27N3O4/c1-3-14(4-2,12(18)19)11-16-13(20)15-5-6-17-7-9-21-10-8-17/h3-11H2,1-2H3,(H,18,19)(H2,15,16,20). The number of hydrogen-bond acceptors (Lipinski definition) is 4. The number of carbonyl (C=O) groups excluding carboxylic acids is 1. The van der Waals surface area contributed by atoms with Crippen LogP contribution in [-0.2, 0) is 9.53 Å². The van der Waals surface area contributed by atoms with E-state index in [1.165, 1.54) is 0 Å². The van der Waals surface area contributed by atoms with Gasteiger partial charge in [-0.1, -0.05) is 13.8 Å². The number of ether oxygens (including phenoxy) is 1. The van der Waals surface area contributed by atoms with Crippen LogP contribution in [-0.4, -0.2) is 67.9 Å². The van der Waals surface area contributed by atoms with Gasteiger partial charge in [-0.3, -0.25) is 9.69 Å². The van der Waals surface area contributed by atoms with Crippen molar-refractivity contribution in [3.05, 3.63) is 0 Å². The summed E-state index contributed by atoms with van der Waals surface area (Å²) < 4.78 is 5.25. The van der Waals surface area contributed by atoms with Gasteiger partial charge in [0.1, 0.15) is 0 Å². The Kier molecular flexibility index (Phi) is 7.45. The van der Waals surface area contributed by atoms with Gasteiger partial charge in [-0.25, -0.2) is 4.79 Å². The number of carboxylic acid groups (broad SMARTS) is 1. The van der Waals surface area contributed by atoms with E-state index in [0.717, 1.165) is 32.8 Å². The average Bonchev–Trinajstić information content (AvgIpc) is 2.49. The Morgan fingerprint density at radius 1 is 1.19 bits per heavy atom. The number of aliphatic carboxylic acids is 1. The van der Waals surface area contributed by atoms with E-state index in [4.69, 9.17) is 4.74 Å². The van der Waals surface area contributed by atoms with Gasteiger partial charge in [-0.2, -0.15) is 0 Å². The summed E-state index contributed by atoms with van der Waals surface area (Å²) in [7, 11) is 0. The fourth-order valence-electron chi connectivity index (χ4n) is 2.34. The van der Waals surface area contributed by atoms with E-state index < -0.39 is 11.4 Å². The van der Waals surface area contributed by atoms with E-state index in [0.29, 0.717) is 19.4 Å². The number of hydrogen-bond donors (Lipinski definition) is 3. The van der Waals surface area contributed by atoms with Crippen molar-refractivity contribution in [2.24, 2.45) is 5.41 Å². The van der Waals surface area contributed by atoms with Gasteiger partial charge in [0.05, 0.1) is 18.6 Å². The first kappa shape index (κ1) is 17.7. The van der Waals surface area contributed by atoms with Crippen molar-refractivity contribution >= 4 is 12.0 Å². The molecule has 1 aliphatic heterocycles. The zero-order chi connectivity index (χ0) is 15.7. The van der Waals surface area contributed by atoms with Crippen LogP contribution in [0.2, 0.25) is 0 Å². The largest absolute Gasteiger partial charge is 0.481 e. The van der Waals surface area contributed by atoms with Gasteiger partial charge in [-0.15, -0.1) is 0 Å². The van der Waals surface area contributed by atoms with Crippen molar-refractivity contribution in [3.63, 3.8) is 0 Å². The van der Waals surface area contributed by atoms with Crippen molar-refractivity contribution < 1.29 is 19.4 Å². The molecule has 0 aromatic heterocycles. The van der Waals surface area contributed by atoms with Crippen LogP contribution in [0.3, 0.4) is 0 Å². The maximum atomic E-state index is 11.7. The van der Waals surface area contributed by atoms with Gasteiger partial charge in [0, 0.05) is 32.7 Å². The van der Waals surface area contributed by atoms with Gasteiger partial charge in [0.15, 0.2) is 0 Å². The topological polar surface area (TPSA) is 90.9 Å². The number of rotatable bonds is 8. The Morgan fingerprint density at radius 2 is 1.81 bits per heavy atom. The minimum absolute atomic E-state index is 0.152. The number of morpholine rings is 1. The lowest BCUT2D eigenvalue weighted by Gasteiger charge is -2.28. The summed E-state index contributed by atoms with van der Waals surface area (Å²) in [6.07, 6.45) is 0.986. The van der Waals surface area contributed by atoms with Crippen molar-refractivity contribution in [1.82, 2.24) is 15.5 Å². The normalized spacial score (nSPS) is 16.5. The molecule has 0 aromatic rings. The first-order chi connectivity index (χ1) is 10.0. The van der Waals surface area contributed by atoms with Crippen LogP contribution in [0.4, 0.5) is 4.79 Å². The Labute approximate surface area is 126 Å². The zero-order valence-electron chi connectivity index (χ0n) is 13.0. The molecule has 21 heavy (non-hydrogen) atoms. The van der Waals surface area contributed by atoms with E-state index in [2.05, 4.69) is 15.5 Å². The Bertz CT molecular complexity index is 339. The molecule has 7 nitrogen and oxygen atoms in total. The highest BCUT2D eigenvalue weighted by molar-refractivity contribution is 5.78. The molecular formula is C14H27N3O4. The van der Waals surface area contributed by atoms with Crippen LogP contribution >= 0.6 is 0 Å². The predicted octanol–water partition coefficient (Wildman–Crippen LogP) is 0.509. The maximum absolute atomic E-state index is 11.7. The van der Waals surface area contributed by atoms with E-state index in [1.54, 1.807) is 0 Å². The predicted molar refractivity (Wildman–Crippen MR) is 79.3 cm³/mol. The number of nitrogens with zero attached hydrogens (tertiary/aromatic N) is 1. The number of amides is 2. The van der Waals surface area contributed by atoms with Gasteiger partial charge >= 0.3 is 12.0 Å². The number of carbonyl (C=O) groups is 2. The highest BCUT2D eigenvalue weighted by Crippen LogP contribution is 2.25. The Morgan fingerprint density at radius 3 is 2.33 bits per heavy atom. The molecule has 0 unspecified atom stereocenters. The van der Waals surface area contributed by atoms with Gasteiger partial charge < -0.3 is 20.5 Å². The van der Waals surface area contributed by atoms with Crippen LogP contribution in [0.25, 0.3) is 0 Å². The van der Waals surface area contributed by atoms with Gasteiger partial charge in [-0.05, 0) is 12.8 Å². The molecule has 0 aromatic carbocycles. The number of nitrogens with one attached hydrogen (secondary N) is 2. The third-order valence-electron chi connectivity index (χ3n) is 4.21. The minimum atomic E-state index is -0.873. The molecule has 0 atom stereocenters. The van der Waals surface area contributed by atoms with Crippen LogP contribution in [0.15, 0.2) is 0 Å². The minimum Gasteiger partial charge on any atom is -0.481 e. The molecule has 1 heterocycles. The van der Waals surface area contributed by atoms with Crippen molar-refractivity contribution in [1.29, 1.82) is 0 Å². The van der Waals surface area contributed by atoms with Crippen LogP contribution in [0.1, 0.15) is 26.7 Å². The van der Waals surface area contributed by atoms with E-state index >= 15 is 0 Å². The Balaban J connectivity index is 2.24.